The van der Waals surface area contributed by atoms with Crippen molar-refractivity contribution in [1.82, 2.24) is 0 Å². The molecule has 29 heavy (non-hydrogen) atoms. The van der Waals surface area contributed by atoms with Crippen LogP contribution in [-0.4, -0.2) is 3.71 Å². The Labute approximate surface area is 190 Å². The average molecular weight is 500 g/mol. The predicted octanol–water partition coefficient (Wildman–Crippen LogP) is 7.50. The number of halogens is 2. The number of fused-ring (bicyclic) bond motifs is 3. The number of benzene rings is 3. The number of hydrogen-bond donors (Lipinski definition) is 0. The first-order valence-corrected chi connectivity index (χ1v) is 16.3. The zero-order valence-corrected chi connectivity index (χ0v) is 20.5. The van der Waals surface area contributed by atoms with Gasteiger partial charge in [-0.05, 0) is 0 Å². The van der Waals surface area contributed by atoms with Crippen LogP contribution in [0.2, 0.25) is 4.63 Å². The van der Waals surface area contributed by atoms with Gasteiger partial charge in [0.15, 0.2) is 0 Å². The van der Waals surface area contributed by atoms with E-state index in [1.165, 1.54) is 27.8 Å². The molecule has 0 N–H and O–H groups in total. The van der Waals surface area contributed by atoms with E-state index in [0.717, 1.165) is 6.42 Å². The molecule has 0 bridgehead atoms. The predicted molar refractivity (Wildman–Crippen MR) is 128 cm³/mol. The molecule has 0 heterocycles. The molecule has 2 aliphatic rings. The second-order valence-corrected chi connectivity index (χ2v) is 17.8. The van der Waals surface area contributed by atoms with E-state index in [-0.39, 0.29) is 24.8 Å². The van der Waals surface area contributed by atoms with E-state index in [2.05, 4.69) is 105 Å². The van der Waals surface area contributed by atoms with E-state index in [9.17, 15) is 0 Å². The van der Waals surface area contributed by atoms with Crippen molar-refractivity contribution in [3.63, 3.8) is 0 Å². The molecule has 3 heteroatoms. The Morgan fingerprint density at radius 3 is 1.86 bits per heavy atom. The van der Waals surface area contributed by atoms with Gasteiger partial charge < -0.3 is 0 Å². The fourth-order valence-electron chi connectivity index (χ4n) is 4.91. The van der Waals surface area contributed by atoms with Gasteiger partial charge in [0, 0.05) is 0 Å². The number of rotatable bonds is 3. The zero-order chi connectivity index (χ0) is 18.3. The first-order chi connectivity index (χ1) is 13.3. The molecule has 0 saturated heterocycles. The minimum atomic E-state index is -2.91. The Morgan fingerprint density at radius 1 is 0.759 bits per heavy atom. The van der Waals surface area contributed by atoms with Crippen LogP contribution in [0.1, 0.15) is 26.7 Å². The van der Waals surface area contributed by atoms with Crippen LogP contribution >= 0.6 is 24.8 Å². The van der Waals surface area contributed by atoms with E-state index < -0.39 is 19.8 Å². The molecule has 0 fully saturated rings. The van der Waals surface area contributed by atoms with Crippen LogP contribution in [0.25, 0.3) is 11.1 Å². The van der Waals surface area contributed by atoms with Crippen molar-refractivity contribution in [2.24, 2.45) is 0 Å². The molecule has 147 valence electrons. The standard InChI is InChI=1S/C13H9.C7H6.C5H5.CH3.2ClH.Zr/c1-3-7-12-10(5-1)9-11-6-2-4-8-13(11)12;1-7-5-3-2-4-6-7;1-2-4-5-3-1;;;;/h1-9H;1-6H;1-3H,4H2;1H3;2*1H;. The third kappa shape index (κ3) is 3.81. The first kappa shape index (κ1) is 22.2. The van der Waals surface area contributed by atoms with E-state index in [1.54, 1.807) is 3.28 Å². The van der Waals surface area contributed by atoms with E-state index in [4.69, 9.17) is 0 Å². The van der Waals surface area contributed by atoms with Crippen molar-refractivity contribution in [3.8, 4) is 11.1 Å². The van der Waals surface area contributed by atoms with Gasteiger partial charge in [-0.2, -0.15) is 0 Å². The summed E-state index contributed by atoms with van der Waals surface area (Å²) in [5.74, 6) is 0. The van der Waals surface area contributed by atoms with Crippen LogP contribution in [0.15, 0.2) is 100 Å². The van der Waals surface area contributed by atoms with E-state index in [0.29, 0.717) is 3.63 Å². The van der Waals surface area contributed by atoms with Crippen molar-refractivity contribution in [2.75, 3.05) is 0 Å². The van der Waals surface area contributed by atoms with Gasteiger partial charge in [-0.1, -0.05) is 0 Å². The van der Waals surface area contributed by atoms with Crippen LogP contribution in [0.5, 0.6) is 0 Å². The maximum absolute atomic E-state index is 2.91. The second-order valence-electron chi connectivity index (χ2n) is 7.77. The van der Waals surface area contributed by atoms with Gasteiger partial charge in [-0.3, -0.25) is 0 Å². The summed E-state index contributed by atoms with van der Waals surface area (Å²) in [4.78, 5) is 0. The third-order valence-electron chi connectivity index (χ3n) is 6.16. The molecule has 1 atom stereocenters. The molecule has 0 radical (unpaired) electrons. The Morgan fingerprint density at radius 2 is 1.31 bits per heavy atom. The summed E-state index contributed by atoms with van der Waals surface area (Å²) in [6.07, 6.45) is 8.13. The van der Waals surface area contributed by atoms with Crippen molar-refractivity contribution in [1.29, 1.82) is 0 Å². The van der Waals surface area contributed by atoms with Crippen LogP contribution < -0.4 is 0 Å². The zero-order valence-electron chi connectivity index (χ0n) is 16.4. The summed E-state index contributed by atoms with van der Waals surface area (Å²) < 4.78 is 7.56. The van der Waals surface area contributed by atoms with Gasteiger partial charge in [0.2, 0.25) is 0 Å². The van der Waals surface area contributed by atoms with Crippen LogP contribution in [-0.2, 0) is 19.8 Å². The molecule has 0 spiro atoms. The molecule has 3 aromatic rings. The normalized spacial score (nSPS) is 16.0. The SMILES string of the molecule is Cl.Cl.[CH3][Zr](=[CH]c1ccccc1)([C]1=CC=CC1)[CH]1c2ccccc2-c2ccccc21. The molecular formula is C26H25Cl2Zr. The first-order valence-electron chi connectivity index (χ1n) is 9.73. The van der Waals surface area contributed by atoms with Gasteiger partial charge >= 0.3 is 166 Å². The average Bonchev–Trinajstić information content (AvgIpc) is 3.36. The molecule has 0 aromatic heterocycles. The van der Waals surface area contributed by atoms with Gasteiger partial charge in [0.25, 0.3) is 0 Å². The summed E-state index contributed by atoms with van der Waals surface area (Å²) in [6, 6.07) is 29.1. The minimum absolute atomic E-state index is 0. The molecule has 5 rings (SSSR count). The summed E-state index contributed by atoms with van der Waals surface area (Å²) in [7, 11) is 0. The molecule has 2 aliphatic carbocycles. The second kappa shape index (κ2) is 9.09. The molecule has 1 unspecified atom stereocenters. The maximum atomic E-state index is 2.69. The van der Waals surface area contributed by atoms with Crippen LogP contribution in [0.4, 0.5) is 0 Å². The van der Waals surface area contributed by atoms with Gasteiger partial charge in [-0.25, -0.2) is 0 Å². The van der Waals surface area contributed by atoms with Crippen LogP contribution in [0, 0.1) is 0 Å². The van der Waals surface area contributed by atoms with E-state index in [1.807, 2.05) is 0 Å². The Balaban J connectivity index is 0.00000120. The molecule has 0 saturated carbocycles. The third-order valence-corrected chi connectivity index (χ3v) is 17.2. The van der Waals surface area contributed by atoms with Crippen molar-refractivity contribution in [2.45, 2.75) is 14.7 Å². The monoisotopic (exact) mass is 497 g/mol. The fourth-order valence-corrected chi connectivity index (χ4v) is 15.8. The van der Waals surface area contributed by atoms with Gasteiger partial charge in [0.05, 0.1) is 0 Å². The quantitative estimate of drug-likeness (QED) is 0.350. The van der Waals surface area contributed by atoms with Crippen molar-refractivity contribution >= 4 is 28.5 Å². The van der Waals surface area contributed by atoms with Crippen LogP contribution in [0.3, 0.4) is 0 Å². The van der Waals surface area contributed by atoms with Crippen molar-refractivity contribution in [3.05, 3.63) is 117 Å². The molecule has 0 nitrogen and oxygen atoms in total. The summed E-state index contributed by atoms with van der Waals surface area (Å²) >= 11 is -2.91. The molecule has 0 amide bonds. The van der Waals surface area contributed by atoms with Gasteiger partial charge in [-0.15, -0.1) is 24.8 Å². The van der Waals surface area contributed by atoms with E-state index >= 15 is 0 Å². The fraction of sp³-hybridized carbons (Fsp3) is 0.115. The summed E-state index contributed by atoms with van der Waals surface area (Å²) in [5, 5.41) is 0. The summed E-state index contributed by atoms with van der Waals surface area (Å²) in [6.45, 7) is 0. The summed E-state index contributed by atoms with van der Waals surface area (Å²) in [5.41, 5.74) is 7.34. The molecule has 3 aromatic carbocycles. The Kier molecular flexibility index (Phi) is 6.95. The van der Waals surface area contributed by atoms with Crippen molar-refractivity contribution < 1.29 is 19.8 Å². The number of allylic oxidation sites excluding steroid dienone is 4. The number of hydrogen-bond acceptors (Lipinski definition) is 0. The Bertz CT molecular complexity index is 1080. The molecular weight excluding hydrogens is 474 g/mol. The van der Waals surface area contributed by atoms with Gasteiger partial charge in [0.1, 0.15) is 0 Å². The Hall–Kier alpha value is -1.53. The topological polar surface area (TPSA) is 0 Å². The molecule has 0 aliphatic heterocycles.